The molecule has 0 aliphatic rings. The maximum absolute atomic E-state index is 13.4. The van der Waals surface area contributed by atoms with Crippen LogP contribution in [0.15, 0.2) is 30.5 Å². The van der Waals surface area contributed by atoms with Gasteiger partial charge in [-0.3, -0.25) is 14.4 Å². The minimum absolute atomic E-state index is 0.141. The molecule has 0 saturated heterocycles. The molecule has 4 unspecified atom stereocenters. The van der Waals surface area contributed by atoms with Crippen LogP contribution in [0.2, 0.25) is 0 Å². The number of aliphatic hydroxyl groups excluding tert-OH is 1. The smallest absolute Gasteiger partial charge is 0.328 e. The van der Waals surface area contributed by atoms with Crippen LogP contribution in [0.25, 0.3) is 10.9 Å². The van der Waals surface area contributed by atoms with E-state index >= 15 is 0 Å². The number of thioether (sulfide) groups is 2. The lowest BCUT2D eigenvalue weighted by atomic mass is 10.0. The molecule has 1 aromatic carbocycles. The average Bonchev–Trinajstić information content (AvgIpc) is 3.29. The highest BCUT2D eigenvalue weighted by Crippen LogP contribution is 2.19. The number of aromatic nitrogens is 1. The summed E-state index contributed by atoms with van der Waals surface area (Å²) in [6.45, 7) is -0.794. The van der Waals surface area contributed by atoms with E-state index in [-0.39, 0.29) is 12.8 Å². The highest BCUT2D eigenvalue weighted by atomic mass is 32.2. The van der Waals surface area contributed by atoms with Crippen molar-refractivity contribution < 1.29 is 29.4 Å². The molecule has 11 nitrogen and oxygen atoms in total. The summed E-state index contributed by atoms with van der Waals surface area (Å²) in [7, 11) is 0. The molecule has 0 bridgehead atoms. The number of H-pyrrole nitrogens is 1. The van der Waals surface area contributed by atoms with Crippen LogP contribution in [0.4, 0.5) is 0 Å². The summed E-state index contributed by atoms with van der Waals surface area (Å²) in [4.78, 5) is 53.4. The molecule has 0 saturated carbocycles. The fraction of sp³-hybridized carbons (Fsp3) is 0.500. The van der Waals surface area contributed by atoms with Gasteiger partial charge in [-0.2, -0.15) is 23.5 Å². The first-order valence-electron chi connectivity index (χ1n) is 11.7. The Morgan fingerprint density at radius 3 is 2.16 bits per heavy atom. The van der Waals surface area contributed by atoms with Gasteiger partial charge in [0.2, 0.25) is 17.7 Å². The minimum Gasteiger partial charge on any atom is -0.480 e. The lowest BCUT2D eigenvalue weighted by Gasteiger charge is -2.25. The predicted octanol–water partition coefficient (Wildman–Crippen LogP) is 0.0752. The number of rotatable bonds is 16. The van der Waals surface area contributed by atoms with Crippen LogP contribution in [0.5, 0.6) is 0 Å². The third-order valence-corrected chi connectivity index (χ3v) is 7.03. The van der Waals surface area contributed by atoms with E-state index in [1.165, 1.54) is 11.8 Å². The molecule has 0 aliphatic carbocycles. The second kappa shape index (κ2) is 15.5. The molecule has 0 aliphatic heterocycles. The van der Waals surface area contributed by atoms with Crippen molar-refractivity contribution in [1.82, 2.24) is 20.9 Å². The van der Waals surface area contributed by atoms with Crippen molar-refractivity contribution in [3.63, 3.8) is 0 Å². The highest BCUT2D eigenvalue weighted by Gasteiger charge is 2.30. The van der Waals surface area contributed by atoms with E-state index < -0.39 is 54.5 Å². The number of aromatic amines is 1. The van der Waals surface area contributed by atoms with Gasteiger partial charge in [-0.15, -0.1) is 0 Å². The third kappa shape index (κ3) is 9.26. The van der Waals surface area contributed by atoms with Gasteiger partial charge in [-0.25, -0.2) is 4.79 Å². The zero-order valence-electron chi connectivity index (χ0n) is 20.9. The van der Waals surface area contributed by atoms with Gasteiger partial charge in [0.05, 0.1) is 12.6 Å². The average molecular weight is 554 g/mol. The third-order valence-electron chi connectivity index (χ3n) is 5.74. The molecule has 0 fully saturated rings. The number of para-hydroxylation sites is 1. The zero-order chi connectivity index (χ0) is 27.4. The van der Waals surface area contributed by atoms with Gasteiger partial charge in [-0.1, -0.05) is 18.2 Å². The molecule has 204 valence electrons. The van der Waals surface area contributed by atoms with E-state index in [4.69, 9.17) is 10.8 Å². The Hall–Kier alpha value is -2.74. The monoisotopic (exact) mass is 553 g/mol. The van der Waals surface area contributed by atoms with Crippen LogP contribution in [0.1, 0.15) is 18.4 Å². The molecule has 3 amide bonds. The number of carbonyl (C=O) groups excluding carboxylic acids is 3. The topological polar surface area (TPSA) is 187 Å². The number of nitrogens with one attached hydrogen (secondary N) is 4. The van der Waals surface area contributed by atoms with Gasteiger partial charge in [-0.05, 0) is 48.5 Å². The Kier molecular flexibility index (Phi) is 12.8. The summed E-state index contributed by atoms with van der Waals surface area (Å²) in [6.07, 6.45) is 6.30. The second-order valence-electron chi connectivity index (χ2n) is 8.44. The number of amides is 3. The molecule has 2 aromatic rings. The number of fused-ring (bicyclic) bond motifs is 1. The maximum atomic E-state index is 13.4. The molecular formula is C24H35N5O6S2. The van der Waals surface area contributed by atoms with Gasteiger partial charge in [0.15, 0.2) is 0 Å². The molecular weight excluding hydrogens is 518 g/mol. The summed E-state index contributed by atoms with van der Waals surface area (Å²) >= 11 is 3.01. The first kappa shape index (κ1) is 30.5. The van der Waals surface area contributed by atoms with Crippen molar-refractivity contribution in [1.29, 1.82) is 0 Å². The lowest BCUT2D eigenvalue weighted by molar-refractivity contribution is -0.143. The summed E-state index contributed by atoms with van der Waals surface area (Å²) in [5.74, 6) is -2.03. The number of aliphatic hydroxyl groups is 1. The molecule has 2 rings (SSSR count). The molecule has 0 spiro atoms. The van der Waals surface area contributed by atoms with Crippen molar-refractivity contribution in [3.8, 4) is 0 Å². The molecule has 0 radical (unpaired) electrons. The van der Waals surface area contributed by atoms with Crippen molar-refractivity contribution in [2.75, 3.05) is 30.6 Å². The predicted molar refractivity (Wildman–Crippen MR) is 146 cm³/mol. The number of benzene rings is 1. The normalized spacial score (nSPS) is 14.4. The zero-order valence-corrected chi connectivity index (χ0v) is 22.5. The SMILES string of the molecule is CSCCC(N)C(=O)NC(Cc1c[nH]c2ccccc12)C(=O)NC(CCSC)C(=O)NC(CO)C(=O)O. The van der Waals surface area contributed by atoms with Gasteiger partial charge in [0, 0.05) is 23.5 Å². The fourth-order valence-electron chi connectivity index (χ4n) is 3.62. The lowest BCUT2D eigenvalue weighted by Crippen LogP contribution is -2.58. The van der Waals surface area contributed by atoms with Crippen molar-refractivity contribution in [2.45, 2.75) is 43.4 Å². The number of hydrogen-bond acceptors (Lipinski definition) is 8. The van der Waals surface area contributed by atoms with Gasteiger partial charge in [0.1, 0.15) is 18.1 Å². The van der Waals surface area contributed by atoms with Crippen LogP contribution in [-0.2, 0) is 25.6 Å². The first-order valence-corrected chi connectivity index (χ1v) is 14.5. The standard InChI is InChI=1S/C24H35N5O6S2/c1-36-9-7-16(25)21(31)28-19(11-14-12-26-17-6-4-3-5-15(14)17)23(33)27-18(8-10-37-2)22(32)29-20(13-30)24(34)35/h3-6,12,16,18-20,26,30H,7-11,13,25H2,1-2H3,(H,27,33)(H,28,31)(H,29,32)(H,34,35). The number of carbonyl (C=O) groups is 4. The largest absolute Gasteiger partial charge is 0.480 e. The molecule has 4 atom stereocenters. The van der Waals surface area contributed by atoms with Crippen LogP contribution in [-0.4, -0.2) is 93.7 Å². The van der Waals surface area contributed by atoms with Crippen LogP contribution in [0.3, 0.4) is 0 Å². The summed E-state index contributed by atoms with van der Waals surface area (Å²) < 4.78 is 0. The molecule has 8 N–H and O–H groups in total. The molecule has 37 heavy (non-hydrogen) atoms. The van der Waals surface area contributed by atoms with Crippen molar-refractivity contribution in [2.24, 2.45) is 5.73 Å². The van der Waals surface area contributed by atoms with Gasteiger partial charge >= 0.3 is 5.97 Å². The van der Waals surface area contributed by atoms with Gasteiger partial charge < -0.3 is 36.9 Å². The van der Waals surface area contributed by atoms with E-state index in [9.17, 15) is 24.3 Å². The van der Waals surface area contributed by atoms with Gasteiger partial charge in [0.25, 0.3) is 0 Å². The van der Waals surface area contributed by atoms with E-state index in [1.54, 1.807) is 18.0 Å². The fourth-order valence-corrected chi connectivity index (χ4v) is 4.58. The first-order chi connectivity index (χ1) is 17.7. The van der Waals surface area contributed by atoms with Crippen LogP contribution in [0, 0.1) is 0 Å². The highest BCUT2D eigenvalue weighted by molar-refractivity contribution is 7.98. The Morgan fingerprint density at radius 2 is 1.51 bits per heavy atom. The quantitative estimate of drug-likeness (QED) is 0.151. The van der Waals surface area contributed by atoms with Crippen LogP contribution >= 0.6 is 23.5 Å². The van der Waals surface area contributed by atoms with E-state index in [0.717, 1.165) is 16.5 Å². The molecule has 1 aromatic heterocycles. The second-order valence-corrected chi connectivity index (χ2v) is 10.4. The minimum atomic E-state index is -1.50. The van der Waals surface area contributed by atoms with E-state index in [0.29, 0.717) is 17.9 Å². The number of hydrogen-bond donors (Lipinski definition) is 7. The number of carboxylic acids is 1. The van der Waals surface area contributed by atoms with Crippen molar-refractivity contribution >= 4 is 58.1 Å². The number of nitrogens with two attached hydrogens (primary N) is 1. The number of aliphatic carboxylic acids is 1. The van der Waals surface area contributed by atoms with E-state index in [2.05, 4.69) is 20.9 Å². The van der Waals surface area contributed by atoms with Crippen LogP contribution < -0.4 is 21.7 Å². The number of carboxylic acid groups (broad SMARTS) is 1. The van der Waals surface area contributed by atoms with E-state index in [1.807, 2.05) is 36.8 Å². The Morgan fingerprint density at radius 1 is 0.919 bits per heavy atom. The molecule has 1 heterocycles. The maximum Gasteiger partial charge on any atom is 0.328 e. The Labute approximate surface area is 224 Å². The Bertz CT molecular complexity index is 1070. The van der Waals surface area contributed by atoms with Crippen molar-refractivity contribution in [3.05, 3.63) is 36.0 Å². The summed E-state index contributed by atoms with van der Waals surface area (Å²) in [5, 5.41) is 27.0. The summed E-state index contributed by atoms with van der Waals surface area (Å²) in [6, 6.07) is 3.13. The molecule has 13 heteroatoms. The Balaban J connectivity index is 2.26. The summed E-state index contributed by atoms with van der Waals surface area (Å²) in [5.41, 5.74) is 7.69.